The molecule has 44 heavy (non-hydrogen) atoms. The SMILES string of the molecule is CCc1ccc(-n2c(C(CC)N(CCc3ccc(OC)c(OC)c3)C(=O)c3cccc(F)c3)nc3ccccc3c2=O)cc1. The molecule has 5 aromatic rings. The van der Waals surface area contributed by atoms with E-state index in [2.05, 4.69) is 6.92 Å². The molecule has 1 atom stereocenters. The Bertz CT molecular complexity index is 1830. The van der Waals surface area contributed by atoms with Crippen molar-refractivity contribution in [2.45, 2.75) is 39.2 Å². The van der Waals surface area contributed by atoms with Crippen LogP contribution in [0.5, 0.6) is 11.5 Å². The second kappa shape index (κ2) is 13.5. The molecule has 7 nitrogen and oxygen atoms in total. The second-order valence-corrected chi connectivity index (χ2v) is 10.5. The van der Waals surface area contributed by atoms with Gasteiger partial charge in [0.05, 0.1) is 36.9 Å². The molecule has 0 radical (unpaired) electrons. The van der Waals surface area contributed by atoms with Crippen LogP contribution >= 0.6 is 0 Å². The number of para-hydroxylation sites is 1. The highest BCUT2D eigenvalue weighted by molar-refractivity contribution is 5.94. The third-order valence-corrected chi connectivity index (χ3v) is 7.89. The van der Waals surface area contributed by atoms with Crippen molar-refractivity contribution in [1.29, 1.82) is 0 Å². The van der Waals surface area contributed by atoms with Crippen molar-refractivity contribution in [2.75, 3.05) is 20.8 Å². The summed E-state index contributed by atoms with van der Waals surface area (Å²) >= 11 is 0. The van der Waals surface area contributed by atoms with Crippen molar-refractivity contribution >= 4 is 16.8 Å². The van der Waals surface area contributed by atoms with Crippen LogP contribution in [0.4, 0.5) is 4.39 Å². The molecule has 0 saturated carbocycles. The molecule has 1 amide bonds. The van der Waals surface area contributed by atoms with E-state index in [0.717, 1.165) is 17.5 Å². The van der Waals surface area contributed by atoms with Crippen LogP contribution in [-0.4, -0.2) is 41.1 Å². The minimum Gasteiger partial charge on any atom is -0.493 e. The van der Waals surface area contributed by atoms with Crippen LogP contribution in [0.1, 0.15) is 53.6 Å². The van der Waals surface area contributed by atoms with E-state index < -0.39 is 11.9 Å². The van der Waals surface area contributed by atoms with Crippen LogP contribution in [-0.2, 0) is 12.8 Å². The molecule has 0 bridgehead atoms. The number of methoxy groups -OCH3 is 2. The molecule has 0 spiro atoms. The van der Waals surface area contributed by atoms with Gasteiger partial charge in [0.1, 0.15) is 11.6 Å². The number of carbonyl (C=O) groups is 1. The highest BCUT2D eigenvalue weighted by Gasteiger charge is 2.30. The van der Waals surface area contributed by atoms with Crippen molar-refractivity contribution in [3.05, 3.63) is 130 Å². The topological polar surface area (TPSA) is 73.7 Å². The van der Waals surface area contributed by atoms with Gasteiger partial charge in [0, 0.05) is 12.1 Å². The molecule has 0 fully saturated rings. The molecule has 8 heteroatoms. The predicted molar refractivity (Wildman–Crippen MR) is 170 cm³/mol. The van der Waals surface area contributed by atoms with Gasteiger partial charge < -0.3 is 14.4 Å². The van der Waals surface area contributed by atoms with Gasteiger partial charge in [0.15, 0.2) is 11.5 Å². The Kier molecular flexibility index (Phi) is 9.38. The summed E-state index contributed by atoms with van der Waals surface area (Å²) in [5.41, 5.74) is 3.28. The molecule has 0 saturated heterocycles. The fraction of sp³-hybridized carbons (Fsp3) is 0.250. The van der Waals surface area contributed by atoms with Gasteiger partial charge in [-0.2, -0.15) is 0 Å². The third-order valence-electron chi connectivity index (χ3n) is 7.89. The zero-order valence-corrected chi connectivity index (χ0v) is 25.4. The Morgan fingerprint density at radius 1 is 0.886 bits per heavy atom. The van der Waals surface area contributed by atoms with Crippen LogP contribution < -0.4 is 15.0 Å². The average Bonchev–Trinajstić information content (AvgIpc) is 3.06. The molecule has 0 N–H and O–H groups in total. The number of benzene rings is 4. The molecule has 0 aliphatic carbocycles. The molecule has 1 unspecified atom stereocenters. The summed E-state index contributed by atoms with van der Waals surface area (Å²) in [6.45, 7) is 4.31. The number of nitrogens with zero attached hydrogens (tertiary/aromatic N) is 3. The first-order valence-electron chi connectivity index (χ1n) is 14.8. The predicted octanol–water partition coefficient (Wildman–Crippen LogP) is 6.94. The van der Waals surface area contributed by atoms with E-state index in [9.17, 15) is 14.0 Å². The van der Waals surface area contributed by atoms with Crippen molar-refractivity contribution in [2.24, 2.45) is 0 Å². The number of ether oxygens (including phenoxy) is 2. The van der Waals surface area contributed by atoms with Crippen LogP contribution in [0.25, 0.3) is 16.6 Å². The summed E-state index contributed by atoms with van der Waals surface area (Å²) in [6, 6.07) is 25.7. The highest BCUT2D eigenvalue weighted by atomic mass is 19.1. The quantitative estimate of drug-likeness (QED) is 0.166. The maximum atomic E-state index is 14.3. The fourth-order valence-electron chi connectivity index (χ4n) is 5.52. The van der Waals surface area contributed by atoms with Gasteiger partial charge in [-0.3, -0.25) is 14.2 Å². The van der Waals surface area contributed by atoms with Gasteiger partial charge in [-0.15, -0.1) is 0 Å². The molecule has 4 aromatic carbocycles. The van der Waals surface area contributed by atoms with Gasteiger partial charge in [-0.05, 0) is 85.0 Å². The lowest BCUT2D eigenvalue weighted by atomic mass is 10.0. The van der Waals surface area contributed by atoms with Gasteiger partial charge in [-0.1, -0.05) is 50.2 Å². The van der Waals surface area contributed by atoms with Crippen LogP contribution in [0.15, 0.2) is 95.8 Å². The smallest absolute Gasteiger partial charge is 0.266 e. The first-order valence-corrected chi connectivity index (χ1v) is 14.8. The first kappa shape index (κ1) is 30.5. The Balaban J connectivity index is 1.66. The molecule has 0 aliphatic heterocycles. The molecule has 1 aromatic heterocycles. The number of halogens is 1. The van der Waals surface area contributed by atoms with E-state index in [4.69, 9.17) is 14.5 Å². The van der Waals surface area contributed by atoms with E-state index in [0.29, 0.717) is 46.8 Å². The summed E-state index contributed by atoms with van der Waals surface area (Å²) in [7, 11) is 3.15. The largest absolute Gasteiger partial charge is 0.493 e. The third kappa shape index (κ3) is 6.20. The zero-order valence-electron chi connectivity index (χ0n) is 25.4. The van der Waals surface area contributed by atoms with Crippen molar-refractivity contribution in [1.82, 2.24) is 14.5 Å². The van der Waals surface area contributed by atoms with E-state index in [-0.39, 0.29) is 23.6 Å². The number of hydrogen-bond acceptors (Lipinski definition) is 5. The highest BCUT2D eigenvalue weighted by Crippen LogP contribution is 2.30. The number of hydrogen-bond donors (Lipinski definition) is 0. The van der Waals surface area contributed by atoms with Crippen LogP contribution in [0, 0.1) is 5.82 Å². The molecule has 1 heterocycles. The Morgan fingerprint density at radius 2 is 1.61 bits per heavy atom. The molecule has 226 valence electrons. The number of aryl methyl sites for hydroxylation is 1. The van der Waals surface area contributed by atoms with Gasteiger partial charge in [0.2, 0.25) is 0 Å². The Hall–Kier alpha value is -4.98. The van der Waals surface area contributed by atoms with Crippen LogP contribution in [0.3, 0.4) is 0 Å². The van der Waals surface area contributed by atoms with Crippen molar-refractivity contribution in [3.63, 3.8) is 0 Å². The van der Waals surface area contributed by atoms with Gasteiger partial charge in [0.25, 0.3) is 11.5 Å². The Labute approximate surface area is 256 Å². The molecular formula is C36H36FN3O4. The summed E-state index contributed by atoms with van der Waals surface area (Å²) < 4.78 is 26.8. The summed E-state index contributed by atoms with van der Waals surface area (Å²) in [4.78, 5) is 35.0. The monoisotopic (exact) mass is 593 g/mol. The molecular weight excluding hydrogens is 557 g/mol. The summed E-state index contributed by atoms with van der Waals surface area (Å²) in [5, 5.41) is 0.485. The summed E-state index contributed by atoms with van der Waals surface area (Å²) in [5.74, 6) is 0.777. The van der Waals surface area contributed by atoms with Crippen molar-refractivity contribution < 1.29 is 18.7 Å². The number of amides is 1. The Morgan fingerprint density at radius 3 is 2.30 bits per heavy atom. The normalized spacial score (nSPS) is 11.8. The number of carbonyl (C=O) groups excluding carboxylic acids is 1. The van der Waals surface area contributed by atoms with E-state index >= 15 is 0 Å². The maximum absolute atomic E-state index is 14.3. The van der Waals surface area contributed by atoms with Gasteiger partial charge >= 0.3 is 0 Å². The lowest BCUT2D eigenvalue weighted by Crippen LogP contribution is -2.39. The fourth-order valence-corrected chi connectivity index (χ4v) is 5.52. The summed E-state index contributed by atoms with van der Waals surface area (Å²) in [6.07, 6.45) is 1.80. The maximum Gasteiger partial charge on any atom is 0.266 e. The second-order valence-electron chi connectivity index (χ2n) is 10.5. The number of rotatable bonds is 11. The zero-order chi connectivity index (χ0) is 31.2. The average molecular weight is 594 g/mol. The number of fused-ring (bicyclic) bond motifs is 1. The minimum absolute atomic E-state index is 0.216. The van der Waals surface area contributed by atoms with Crippen molar-refractivity contribution in [3.8, 4) is 17.2 Å². The number of aromatic nitrogens is 2. The standard InChI is InChI=1S/C36H36FN3O4/c1-5-24-14-17-28(18-15-24)40-34(38-30-13-8-7-12-29(30)36(40)42)31(6-2)39(35(41)26-10-9-11-27(37)23-26)21-20-25-16-19-32(43-3)33(22-25)44-4/h7-19,22-23,31H,5-6,20-21H2,1-4H3. The minimum atomic E-state index is -0.603. The van der Waals surface area contributed by atoms with E-state index in [1.807, 2.05) is 61.5 Å². The van der Waals surface area contributed by atoms with E-state index in [1.54, 1.807) is 41.9 Å². The molecule has 0 aliphatic rings. The van der Waals surface area contributed by atoms with E-state index in [1.165, 1.54) is 18.2 Å². The first-order chi connectivity index (χ1) is 21.4. The van der Waals surface area contributed by atoms with Gasteiger partial charge in [-0.25, -0.2) is 9.37 Å². The lowest BCUT2D eigenvalue weighted by Gasteiger charge is -2.32. The molecule has 5 rings (SSSR count). The van der Waals surface area contributed by atoms with Crippen LogP contribution in [0.2, 0.25) is 0 Å². The lowest BCUT2D eigenvalue weighted by molar-refractivity contribution is 0.0661.